The van der Waals surface area contributed by atoms with Crippen molar-refractivity contribution in [2.75, 3.05) is 25.6 Å². The van der Waals surface area contributed by atoms with E-state index in [1.165, 1.54) is 0 Å². The molecule has 1 atom stereocenters. The van der Waals surface area contributed by atoms with E-state index in [4.69, 9.17) is 9.47 Å². The molecule has 0 spiro atoms. The summed E-state index contributed by atoms with van der Waals surface area (Å²) in [6.07, 6.45) is 0. The number of amides is 1. The lowest BCUT2D eigenvalue weighted by atomic mass is 10.1. The number of anilines is 1. The van der Waals surface area contributed by atoms with Crippen molar-refractivity contribution in [1.82, 2.24) is 4.90 Å². The molecule has 0 bridgehead atoms. The molecule has 1 heterocycles. The predicted octanol–water partition coefficient (Wildman–Crippen LogP) is 3.99. The van der Waals surface area contributed by atoms with Gasteiger partial charge >= 0.3 is 0 Å². The standard InChI is InChI=1S/C20H23BrN2O3/c1-13-4-6-17(16(21)10-13)22-20(24)14(2)23(3)12-15-5-7-18-19(11-15)26-9-8-25-18/h4-7,10-11,14H,8-9,12H2,1-3H3,(H,22,24). The molecule has 2 aromatic carbocycles. The predicted molar refractivity (Wildman–Crippen MR) is 106 cm³/mol. The van der Waals surface area contributed by atoms with Crippen LogP contribution in [0.3, 0.4) is 0 Å². The van der Waals surface area contributed by atoms with E-state index in [2.05, 4.69) is 21.2 Å². The molecule has 0 radical (unpaired) electrons. The fraction of sp³-hybridized carbons (Fsp3) is 0.350. The lowest BCUT2D eigenvalue weighted by molar-refractivity contribution is -0.120. The third kappa shape index (κ3) is 4.37. The molecule has 0 aliphatic carbocycles. The summed E-state index contributed by atoms with van der Waals surface area (Å²) in [6, 6.07) is 11.5. The zero-order chi connectivity index (χ0) is 18.7. The highest BCUT2D eigenvalue weighted by atomic mass is 79.9. The first-order valence-corrected chi connectivity index (χ1v) is 9.39. The molecule has 0 saturated heterocycles. The molecule has 0 fully saturated rings. The number of carbonyl (C=O) groups excluding carboxylic acids is 1. The van der Waals surface area contributed by atoms with Crippen molar-refractivity contribution in [3.8, 4) is 11.5 Å². The van der Waals surface area contributed by atoms with Crippen LogP contribution in [0.5, 0.6) is 11.5 Å². The smallest absolute Gasteiger partial charge is 0.241 e. The van der Waals surface area contributed by atoms with Gasteiger partial charge in [0.15, 0.2) is 11.5 Å². The molecule has 6 heteroatoms. The van der Waals surface area contributed by atoms with Gasteiger partial charge in [0.1, 0.15) is 13.2 Å². The van der Waals surface area contributed by atoms with Gasteiger partial charge in [-0.05, 0) is 72.2 Å². The van der Waals surface area contributed by atoms with Gasteiger partial charge in [0.25, 0.3) is 0 Å². The van der Waals surface area contributed by atoms with Crippen LogP contribution in [-0.2, 0) is 11.3 Å². The van der Waals surface area contributed by atoms with Gasteiger partial charge in [-0.2, -0.15) is 0 Å². The zero-order valence-corrected chi connectivity index (χ0v) is 16.8. The molecule has 3 rings (SSSR count). The molecular weight excluding hydrogens is 396 g/mol. The number of hydrogen-bond acceptors (Lipinski definition) is 4. The first-order chi connectivity index (χ1) is 12.4. The number of ether oxygens (including phenoxy) is 2. The highest BCUT2D eigenvalue weighted by Gasteiger charge is 2.20. The second kappa shape index (κ2) is 8.10. The summed E-state index contributed by atoms with van der Waals surface area (Å²) in [4.78, 5) is 14.6. The maximum atomic E-state index is 12.6. The van der Waals surface area contributed by atoms with E-state index in [9.17, 15) is 4.79 Å². The Labute approximate surface area is 162 Å². The highest BCUT2D eigenvalue weighted by molar-refractivity contribution is 9.10. The molecule has 1 N–H and O–H groups in total. The molecule has 0 aromatic heterocycles. The average Bonchev–Trinajstić information content (AvgIpc) is 2.63. The Bertz CT molecular complexity index is 810. The Balaban J connectivity index is 1.63. The number of hydrogen-bond donors (Lipinski definition) is 1. The van der Waals surface area contributed by atoms with Crippen LogP contribution in [0.1, 0.15) is 18.1 Å². The van der Waals surface area contributed by atoms with E-state index in [1.807, 2.05) is 62.2 Å². The normalized spacial score (nSPS) is 14.2. The highest BCUT2D eigenvalue weighted by Crippen LogP contribution is 2.31. The lowest BCUT2D eigenvalue weighted by Gasteiger charge is -2.25. The molecule has 1 aliphatic rings. The number of halogens is 1. The van der Waals surface area contributed by atoms with E-state index in [-0.39, 0.29) is 11.9 Å². The molecule has 5 nitrogen and oxygen atoms in total. The summed E-state index contributed by atoms with van der Waals surface area (Å²) in [5.74, 6) is 1.50. The van der Waals surface area contributed by atoms with Crippen molar-refractivity contribution >= 4 is 27.5 Å². The number of nitrogens with zero attached hydrogens (tertiary/aromatic N) is 1. The summed E-state index contributed by atoms with van der Waals surface area (Å²) in [6.45, 7) is 5.70. The summed E-state index contributed by atoms with van der Waals surface area (Å²) in [7, 11) is 1.94. The van der Waals surface area contributed by atoms with Crippen LogP contribution in [0.25, 0.3) is 0 Å². The van der Waals surface area contributed by atoms with Gasteiger partial charge < -0.3 is 14.8 Å². The first kappa shape index (κ1) is 18.7. The van der Waals surface area contributed by atoms with Crippen molar-refractivity contribution in [2.45, 2.75) is 26.4 Å². The maximum absolute atomic E-state index is 12.6. The molecule has 138 valence electrons. The Hall–Kier alpha value is -2.05. The van der Waals surface area contributed by atoms with Crippen molar-refractivity contribution < 1.29 is 14.3 Å². The SMILES string of the molecule is Cc1ccc(NC(=O)C(C)N(C)Cc2ccc3c(c2)OCCO3)c(Br)c1. The van der Waals surface area contributed by atoms with Crippen LogP contribution in [0.15, 0.2) is 40.9 Å². The van der Waals surface area contributed by atoms with Gasteiger partial charge in [0, 0.05) is 11.0 Å². The minimum absolute atomic E-state index is 0.0467. The van der Waals surface area contributed by atoms with Crippen molar-refractivity contribution in [3.05, 3.63) is 52.0 Å². The monoisotopic (exact) mass is 418 g/mol. The number of benzene rings is 2. The van der Waals surface area contributed by atoms with Crippen molar-refractivity contribution in [1.29, 1.82) is 0 Å². The number of nitrogens with one attached hydrogen (secondary N) is 1. The molecular formula is C20H23BrN2O3. The number of rotatable bonds is 5. The Morgan fingerprint density at radius 2 is 1.92 bits per heavy atom. The number of likely N-dealkylation sites (N-methyl/N-ethyl adjacent to an activating group) is 1. The molecule has 1 aliphatic heterocycles. The zero-order valence-electron chi connectivity index (χ0n) is 15.2. The van der Waals surface area contributed by atoms with Gasteiger partial charge in [-0.25, -0.2) is 0 Å². The molecule has 2 aromatic rings. The van der Waals surface area contributed by atoms with Crippen LogP contribution in [0.4, 0.5) is 5.69 Å². The van der Waals surface area contributed by atoms with Gasteiger partial charge in [0.05, 0.1) is 11.7 Å². The largest absolute Gasteiger partial charge is 0.486 e. The Kier molecular flexibility index (Phi) is 5.84. The van der Waals surface area contributed by atoms with E-state index in [1.54, 1.807) is 0 Å². The van der Waals surface area contributed by atoms with Crippen molar-refractivity contribution in [2.24, 2.45) is 0 Å². The lowest BCUT2D eigenvalue weighted by Crippen LogP contribution is -2.39. The first-order valence-electron chi connectivity index (χ1n) is 8.60. The number of aryl methyl sites for hydroxylation is 1. The molecule has 1 unspecified atom stereocenters. The van der Waals surface area contributed by atoms with Crippen LogP contribution in [0, 0.1) is 6.92 Å². The van der Waals surface area contributed by atoms with E-state index in [0.29, 0.717) is 19.8 Å². The molecule has 26 heavy (non-hydrogen) atoms. The summed E-state index contributed by atoms with van der Waals surface area (Å²) in [5.41, 5.74) is 2.99. The van der Waals surface area contributed by atoms with Gasteiger partial charge in [-0.15, -0.1) is 0 Å². The van der Waals surface area contributed by atoms with Gasteiger partial charge in [-0.1, -0.05) is 12.1 Å². The van der Waals surface area contributed by atoms with Crippen LogP contribution in [-0.4, -0.2) is 37.1 Å². The third-order valence-corrected chi connectivity index (χ3v) is 5.12. The fourth-order valence-electron chi connectivity index (χ4n) is 2.77. The Morgan fingerprint density at radius 3 is 2.65 bits per heavy atom. The molecule has 1 amide bonds. The average molecular weight is 419 g/mol. The maximum Gasteiger partial charge on any atom is 0.241 e. The second-order valence-corrected chi connectivity index (χ2v) is 7.40. The van der Waals surface area contributed by atoms with E-state index in [0.717, 1.165) is 32.8 Å². The minimum Gasteiger partial charge on any atom is -0.486 e. The number of carbonyl (C=O) groups is 1. The van der Waals surface area contributed by atoms with E-state index < -0.39 is 0 Å². The topological polar surface area (TPSA) is 50.8 Å². The van der Waals surface area contributed by atoms with Gasteiger partial charge in [0.2, 0.25) is 5.91 Å². The third-order valence-electron chi connectivity index (χ3n) is 4.46. The summed E-state index contributed by atoms with van der Waals surface area (Å²) in [5, 5.41) is 2.98. The van der Waals surface area contributed by atoms with Gasteiger partial charge in [-0.3, -0.25) is 9.69 Å². The molecule has 0 saturated carbocycles. The summed E-state index contributed by atoms with van der Waals surface area (Å²) < 4.78 is 12.1. The van der Waals surface area contributed by atoms with Crippen LogP contribution >= 0.6 is 15.9 Å². The van der Waals surface area contributed by atoms with E-state index >= 15 is 0 Å². The Morgan fingerprint density at radius 1 is 1.19 bits per heavy atom. The van der Waals surface area contributed by atoms with Crippen LogP contribution in [0.2, 0.25) is 0 Å². The minimum atomic E-state index is -0.281. The quantitative estimate of drug-likeness (QED) is 0.797. The fourth-order valence-corrected chi connectivity index (χ4v) is 3.36. The van der Waals surface area contributed by atoms with Crippen molar-refractivity contribution in [3.63, 3.8) is 0 Å². The number of fused-ring (bicyclic) bond motifs is 1. The van der Waals surface area contributed by atoms with Crippen LogP contribution < -0.4 is 14.8 Å². The summed E-state index contributed by atoms with van der Waals surface area (Å²) >= 11 is 3.50. The second-order valence-electron chi connectivity index (χ2n) is 6.54.